The standard InChI is InChI=1S/C10H8.C8H8N2.C8H6N2.C8H6S.C7H6N2.C6H6.C5H4N4.C4H4N2.C4H4O.C4H4S.9C2H6/c1-2-6-10-8-4-3-7-9(10)5-1;2*1-2-4-8-7(3-1)5-9-6-10-8;1-2-4-8-7(3-1)5-6-9-8;1-2-4-7-6(3-1)8-5-9-7;1-2-4-6-5-3-1;1-4-5(8-2-6-1)9-3-7-4;1-2-5-4-6-3-1;2*1-2-4-5-3-1;9*1-2/h1-8H;1-4,6H,5H2,(H,9,10);1-6H;1-6H;1-5H,(H,8,9);1-6H;1-3H,(H,6,7,8,9);1-4H;2*1-4H;9*1-2H3. The normalized spacial score (nSPS) is 8.72. The molecule has 9 heterocycles. The molecule has 0 aliphatic carbocycles. The molecule has 0 bridgehead atoms. The van der Waals surface area contributed by atoms with Crippen molar-refractivity contribution in [3.8, 4) is 0 Å². The van der Waals surface area contributed by atoms with E-state index in [1.165, 1.54) is 44.8 Å². The minimum absolute atomic E-state index is 0.713. The molecule has 0 fully saturated rings. The molecule has 0 saturated carbocycles. The van der Waals surface area contributed by atoms with Gasteiger partial charge in [0.2, 0.25) is 0 Å². The predicted molar refractivity (Wildman–Crippen MR) is 429 cm³/mol. The van der Waals surface area contributed by atoms with Gasteiger partial charge in [-0.3, -0.25) is 4.99 Å². The smallest absolute Gasteiger partial charge is 0.180 e. The Bertz CT molecular complexity index is 3290. The molecule has 0 atom stereocenters. The molecule has 0 unspecified atom stereocenters. The van der Waals surface area contributed by atoms with Gasteiger partial charge in [-0.15, -0.1) is 11.3 Å². The summed E-state index contributed by atoms with van der Waals surface area (Å²) in [6, 6.07) is 72.8. The van der Waals surface area contributed by atoms with Gasteiger partial charge in [-0.05, 0) is 92.5 Å². The van der Waals surface area contributed by atoms with Crippen molar-refractivity contribution in [1.82, 2.24) is 49.8 Å². The summed E-state index contributed by atoms with van der Waals surface area (Å²) in [7, 11) is 0. The Morgan fingerprint density at radius 2 is 0.825 bits per heavy atom. The number of hydrogen-bond donors (Lipinski definition) is 3. The molecule has 0 spiro atoms. The van der Waals surface area contributed by atoms with Gasteiger partial charge in [0.05, 0.1) is 60.8 Å². The van der Waals surface area contributed by atoms with E-state index in [-0.39, 0.29) is 0 Å². The van der Waals surface area contributed by atoms with Gasteiger partial charge in [0, 0.05) is 34.4 Å². The number of H-pyrrole nitrogens is 2. The van der Waals surface area contributed by atoms with Crippen molar-refractivity contribution >= 4 is 88.7 Å². The lowest BCUT2D eigenvalue weighted by Crippen LogP contribution is -2.03. The molecular formula is C82H110N12OS2. The van der Waals surface area contributed by atoms with Gasteiger partial charge in [0.15, 0.2) is 5.65 Å². The first-order valence-electron chi connectivity index (χ1n) is 33.7. The highest BCUT2D eigenvalue weighted by Crippen LogP contribution is 2.19. The third-order valence-corrected chi connectivity index (χ3v) is 12.0. The second kappa shape index (κ2) is 71.5. The molecule has 1 aliphatic rings. The second-order valence-corrected chi connectivity index (χ2v) is 17.7. The molecule has 13 nitrogen and oxygen atoms in total. The molecule has 516 valence electrons. The Morgan fingerprint density at radius 3 is 1.30 bits per heavy atom. The lowest BCUT2D eigenvalue weighted by atomic mass is 10.1. The first kappa shape index (κ1) is 90.8. The SMILES string of the molecule is C1=NCc2ccccc2N1.CC.CC.CC.CC.CC.CC.CC.CC.CC.c1ccc2[nH]cnc2c1.c1ccc2ccccc2c1.c1ccc2ncncc2c1.c1ccc2sccc2c1.c1ccccc1.c1ccoc1.c1ccsc1.c1cncnc1.c1ncc2[nH]cnc2n1. The number of aromatic nitrogens is 10. The van der Waals surface area contributed by atoms with Crippen LogP contribution in [0.3, 0.4) is 0 Å². The maximum atomic E-state index is 4.58. The number of rotatable bonds is 0. The number of furan rings is 1. The lowest BCUT2D eigenvalue weighted by molar-refractivity contribution is 0.567. The Kier molecular flexibility index (Phi) is 67.0. The van der Waals surface area contributed by atoms with E-state index in [4.69, 9.17) is 0 Å². The zero-order valence-corrected chi connectivity index (χ0v) is 62.5. The third kappa shape index (κ3) is 44.0. The van der Waals surface area contributed by atoms with Crippen LogP contribution < -0.4 is 5.32 Å². The topological polar surface area (TPSA) is 172 Å². The fourth-order valence-electron chi connectivity index (χ4n) is 6.68. The molecule has 0 amide bonds. The van der Waals surface area contributed by atoms with Crippen molar-refractivity contribution in [2.45, 2.75) is 131 Å². The molecule has 15 aromatic rings. The first-order chi connectivity index (χ1) is 48.3. The second-order valence-electron chi connectivity index (χ2n) is 15.9. The Labute approximate surface area is 589 Å². The highest BCUT2D eigenvalue weighted by atomic mass is 32.1. The van der Waals surface area contributed by atoms with E-state index < -0.39 is 0 Å². The maximum Gasteiger partial charge on any atom is 0.180 e. The number of nitrogens with one attached hydrogen (secondary N) is 3. The van der Waals surface area contributed by atoms with Crippen molar-refractivity contribution in [3.05, 3.63) is 309 Å². The van der Waals surface area contributed by atoms with Crippen LogP contribution in [0.5, 0.6) is 0 Å². The number of thiophene rings is 2. The van der Waals surface area contributed by atoms with E-state index in [9.17, 15) is 0 Å². The van der Waals surface area contributed by atoms with Crippen LogP contribution in [0.15, 0.2) is 313 Å². The molecule has 7 aromatic carbocycles. The maximum absolute atomic E-state index is 4.58. The van der Waals surface area contributed by atoms with Crippen LogP contribution in [0, 0.1) is 0 Å². The summed E-state index contributed by atoms with van der Waals surface area (Å²) < 4.78 is 5.96. The number of fused-ring (bicyclic) bond motifs is 6. The molecule has 15 heteroatoms. The highest BCUT2D eigenvalue weighted by molar-refractivity contribution is 7.17. The molecule has 1 aliphatic heterocycles. The van der Waals surface area contributed by atoms with Crippen molar-refractivity contribution in [2.75, 3.05) is 5.32 Å². The van der Waals surface area contributed by atoms with E-state index in [1.807, 2.05) is 263 Å². The molecule has 3 N–H and O–H groups in total. The average Bonchev–Trinajstić information content (AvgIpc) is 2.28. The van der Waals surface area contributed by atoms with Gasteiger partial charge in [-0.25, -0.2) is 39.9 Å². The summed E-state index contributed by atoms with van der Waals surface area (Å²) in [5, 5.41) is 14.3. The zero-order valence-electron chi connectivity index (χ0n) is 60.9. The number of aromatic amines is 2. The number of aliphatic imine (C=N–C) groups is 1. The van der Waals surface area contributed by atoms with Crippen molar-refractivity contribution < 1.29 is 4.42 Å². The van der Waals surface area contributed by atoms with Gasteiger partial charge >= 0.3 is 0 Å². The van der Waals surface area contributed by atoms with Crippen LogP contribution in [0.1, 0.15) is 130 Å². The van der Waals surface area contributed by atoms with Crippen molar-refractivity contribution in [2.24, 2.45) is 4.99 Å². The first-order valence-corrected chi connectivity index (χ1v) is 35.6. The Morgan fingerprint density at radius 1 is 0.351 bits per heavy atom. The van der Waals surface area contributed by atoms with Gasteiger partial charge < -0.3 is 19.7 Å². The third-order valence-electron chi connectivity index (χ3n) is 10.4. The largest absolute Gasteiger partial charge is 0.473 e. The number of imidazole rings is 2. The van der Waals surface area contributed by atoms with E-state index in [0.717, 1.165) is 34.0 Å². The van der Waals surface area contributed by atoms with Crippen LogP contribution in [0.25, 0.3) is 54.0 Å². The monoisotopic (exact) mass is 1340 g/mol. The molecule has 97 heavy (non-hydrogen) atoms. The number of anilines is 1. The molecule has 0 saturated heterocycles. The van der Waals surface area contributed by atoms with Gasteiger partial charge in [-0.1, -0.05) is 288 Å². The van der Waals surface area contributed by atoms with Crippen LogP contribution in [-0.2, 0) is 6.54 Å². The molecule has 8 aromatic heterocycles. The summed E-state index contributed by atoms with van der Waals surface area (Å²) >= 11 is 3.50. The predicted octanol–water partition coefficient (Wildman–Crippen LogP) is 25.4. The average molecular weight is 1340 g/mol. The quantitative estimate of drug-likeness (QED) is 0.133. The van der Waals surface area contributed by atoms with Crippen LogP contribution in [0.4, 0.5) is 5.69 Å². The van der Waals surface area contributed by atoms with Gasteiger partial charge in [0.1, 0.15) is 24.5 Å². The zero-order chi connectivity index (χ0) is 72.3. The van der Waals surface area contributed by atoms with Crippen molar-refractivity contribution in [3.63, 3.8) is 0 Å². The fraction of sp³-hybridized carbons (Fsp3) is 0.232. The summed E-state index contributed by atoms with van der Waals surface area (Å²) in [5.41, 5.74) is 7.15. The number of hydrogen-bond acceptors (Lipinski definition) is 13. The highest BCUT2D eigenvalue weighted by Gasteiger charge is 2.01. The summed E-state index contributed by atoms with van der Waals surface area (Å²) in [6.07, 6.45) is 19.7. The van der Waals surface area contributed by atoms with Crippen LogP contribution in [-0.4, -0.2) is 56.2 Å². The fourth-order valence-corrected chi connectivity index (χ4v) is 7.93. The Balaban J connectivity index is -0.000000992. The molecule has 0 radical (unpaired) electrons. The van der Waals surface area contributed by atoms with Gasteiger partial charge in [-0.2, -0.15) is 11.3 Å². The van der Waals surface area contributed by atoms with Gasteiger partial charge in [0.25, 0.3) is 0 Å². The summed E-state index contributed by atoms with van der Waals surface area (Å²) in [4.78, 5) is 41.0. The lowest BCUT2D eigenvalue weighted by Gasteiger charge is -2.10. The van der Waals surface area contributed by atoms with E-state index in [1.54, 1.807) is 85.2 Å². The number of para-hydroxylation sites is 4. The number of nitrogens with zero attached hydrogens (tertiary/aromatic N) is 9. The summed E-state index contributed by atoms with van der Waals surface area (Å²) in [5.74, 6) is 0. The molecular weight excluding hydrogens is 1230 g/mol. The van der Waals surface area contributed by atoms with Crippen LogP contribution in [0.2, 0.25) is 0 Å². The van der Waals surface area contributed by atoms with E-state index in [2.05, 4.69) is 161 Å². The van der Waals surface area contributed by atoms with Crippen molar-refractivity contribution in [1.29, 1.82) is 0 Å². The minimum atomic E-state index is 0.713. The Hall–Kier alpha value is -10.3. The van der Waals surface area contributed by atoms with Crippen LogP contribution >= 0.6 is 22.7 Å². The number of benzene rings is 7. The van der Waals surface area contributed by atoms with E-state index >= 15 is 0 Å². The minimum Gasteiger partial charge on any atom is -0.473 e. The summed E-state index contributed by atoms with van der Waals surface area (Å²) in [6.45, 7) is 36.8. The van der Waals surface area contributed by atoms with E-state index in [0.29, 0.717) is 5.65 Å². The molecule has 16 rings (SSSR count).